The molecule has 2 heteroatoms. The molecule has 0 atom stereocenters. The van der Waals surface area contributed by atoms with Crippen molar-refractivity contribution >= 4 is 19.4 Å². The summed E-state index contributed by atoms with van der Waals surface area (Å²) in [4.78, 5) is 0. The Hall–Kier alpha value is -1.04. The number of hydrogen-bond donors (Lipinski definition) is 0. The molecule has 2 aromatic rings. The van der Waals surface area contributed by atoms with E-state index in [0.29, 0.717) is 0 Å². The molecule has 1 aliphatic carbocycles. The summed E-state index contributed by atoms with van der Waals surface area (Å²) in [5, 5.41) is 0. The van der Waals surface area contributed by atoms with Gasteiger partial charge in [-0.05, 0) is 0 Å². The predicted molar refractivity (Wildman–Crippen MR) is 79.4 cm³/mol. The molecule has 1 aliphatic rings. The zero-order chi connectivity index (χ0) is 13.4. The van der Waals surface area contributed by atoms with Gasteiger partial charge in [-0.1, -0.05) is 0 Å². The van der Waals surface area contributed by atoms with Gasteiger partial charge in [0.2, 0.25) is 0 Å². The number of halogens is 1. The van der Waals surface area contributed by atoms with E-state index in [9.17, 15) is 0 Å². The second-order valence-corrected chi connectivity index (χ2v) is 6.83. The Morgan fingerprint density at radius 3 is 2.11 bits per heavy atom. The predicted octanol–water partition coefficient (Wildman–Crippen LogP) is 4.51. The fraction of sp³-hybridized carbons (Fsp3) is 0.118. The van der Waals surface area contributed by atoms with Crippen LogP contribution >= 0.6 is 9.69 Å². The summed E-state index contributed by atoms with van der Waals surface area (Å²) in [6.45, 7) is 4.36. The molecule has 0 N–H and O–H groups in total. The van der Waals surface area contributed by atoms with E-state index in [1.807, 2.05) is 0 Å². The van der Waals surface area contributed by atoms with Gasteiger partial charge in [0.1, 0.15) is 0 Å². The molecule has 0 radical (unpaired) electrons. The Morgan fingerprint density at radius 1 is 0.842 bits per heavy atom. The van der Waals surface area contributed by atoms with Gasteiger partial charge in [-0.2, -0.15) is 0 Å². The van der Waals surface area contributed by atoms with Crippen LogP contribution in [0.15, 0.2) is 48.5 Å². The van der Waals surface area contributed by atoms with E-state index in [0.717, 1.165) is 0 Å². The SMILES string of the molecule is Cc1cccc(C)c1C1=C[C](=[Ru][Cl])c2ccccc21. The van der Waals surface area contributed by atoms with Gasteiger partial charge >= 0.3 is 125 Å². The summed E-state index contributed by atoms with van der Waals surface area (Å²) in [5.74, 6) is 0. The van der Waals surface area contributed by atoms with Gasteiger partial charge in [0.15, 0.2) is 0 Å². The van der Waals surface area contributed by atoms with Crippen LogP contribution in [-0.4, -0.2) is 4.11 Å². The topological polar surface area (TPSA) is 0 Å². The van der Waals surface area contributed by atoms with E-state index in [2.05, 4.69) is 62.4 Å². The molecule has 0 amide bonds. The van der Waals surface area contributed by atoms with Crippen molar-refractivity contribution in [1.82, 2.24) is 0 Å². The zero-order valence-electron chi connectivity index (χ0n) is 10.9. The molecule has 0 unspecified atom stereocenters. The molecule has 0 aliphatic heterocycles. The van der Waals surface area contributed by atoms with Crippen LogP contribution < -0.4 is 0 Å². The van der Waals surface area contributed by atoms with Crippen molar-refractivity contribution in [3.8, 4) is 0 Å². The van der Waals surface area contributed by atoms with Crippen LogP contribution in [-0.2, 0) is 15.7 Å². The number of allylic oxidation sites excluding steroid dienone is 1. The molecular weight excluding hydrogens is 341 g/mol. The number of benzene rings is 2. The summed E-state index contributed by atoms with van der Waals surface area (Å²) in [7, 11) is 6.18. The van der Waals surface area contributed by atoms with Crippen molar-refractivity contribution in [1.29, 1.82) is 0 Å². The van der Waals surface area contributed by atoms with Crippen molar-refractivity contribution in [3.63, 3.8) is 0 Å². The van der Waals surface area contributed by atoms with Gasteiger partial charge in [-0.15, -0.1) is 0 Å². The van der Waals surface area contributed by atoms with Crippen LogP contribution in [0.4, 0.5) is 0 Å². The van der Waals surface area contributed by atoms with E-state index in [-0.39, 0.29) is 15.7 Å². The first kappa shape index (κ1) is 13.0. The fourth-order valence-electron chi connectivity index (χ4n) is 2.70. The molecule has 0 spiro atoms. The van der Waals surface area contributed by atoms with Gasteiger partial charge in [0.25, 0.3) is 0 Å². The van der Waals surface area contributed by atoms with Crippen molar-refractivity contribution < 1.29 is 15.7 Å². The van der Waals surface area contributed by atoms with E-state index >= 15 is 0 Å². The minimum absolute atomic E-state index is 0.235. The summed E-state index contributed by atoms with van der Waals surface area (Å²) in [5.41, 5.74) is 7.98. The summed E-state index contributed by atoms with van der Waals surface area (Å²) in [6.07, 6.45) is 2.28. The van der Waals surface area contributed by atoms with Gasteiger partial charge < -0.3 is 0 Å². The number of aryl methyl sites for hydroxylation is 2. The first-order valence-electron chi connectivity index (χ1n) is 6.21. The van der Waals surface area contributed by atoms with Gasteiger partial charge in [-0.25, -0.2) is 0 Å². The fourth-order valence-corrected chi connectivity index (χ4v) is 4.26. The average molecular weight is 355 g/mol. The number of rotatable bonds is 1. The third kappa shape index (κ3) is 2.16. The standard InChI is InChI=1S/C17H14.ClH.Ru/c1-12-6-5-7-13(2)17(12)16-11-10-14-8-3-4-9-15(14)16;;/h3-9,11H,1-2H3;1H;/q;;+1/p-1. The summed E-state index contributed by atoms with van der Waals surface area (Å²) >= 11 is -0.235. The first-order chi connectivity index (χ1) is 9.22. The van der Waals surface area contributed by atoms with Crippen LogP contribution in [0.1, 0.15) is 27.8 Å². The van der Waals surface area contributed by atoms with Crippen molar-refractivity contribution in [2.75, 3.05) is 0 Å². The van der Waals surface area contributed by atoms with E-state index < -0.39 is 0 Å². The van der Waals surface area contributed by atoms with E-state index in [1.165, 1.54) is 37.5 Å². The molecule has 0 bridgehead atoms. The molecule has 0 heterocycles. The summed E-state index contributed by atoms with van der Waals surface area (Å²) < 4.78 is 1.31. The summed E-state index contributed by atoms with van der Waals surface area (Å²) in [6, 6.07) is 15.1. The second kappa shape index (κ2) is 5.15. The maximum absolute atomic E-state index is 6.18. The first-order valence-corrected chi connectivity index (χ1v) is 9.32. The number of hydrogen-bond acceptors (Lipinski definition) is 0. The molecule has 2 aromatic carbocycles. The van der Waals surface area contributed by atoms with Gasteiger partial charge in [0.05, 0.1) is 0 Å². The van der Waals surface area contributed by atoms with Gasteiger partial charge in [0, 0.05) is 0 Å². The molecule has 0 aromatic heterocycles. The Labute approximate surface area is 125 Å². The second-order valence-electron chi connectivity index (χ2n) is 4.77. The maximum atomic E-state index is 6.18. The van der Waals surface area contributed by atoms with Gasteiger partial charge in [-0.3, -0.25) is 0 Å². The third-order valence-corrected chi connectivity index (χ3v) is 5.48. The quantitative estimate of drug-likeness (QED) is 0.661. The van der Waals surface area contributed by atoms with Crippen LogP contribution in [0, 0.1) is 13.8 Å². The molecule has 3 rings (SSSR count). The molecule has 0 fully saturated rings. The molecule has 19 heavy (non-hydrogen) atoms. The zero-order valence-corrected chi connectivity index (χ0v) is 13.3. The van der Waals surface area contributed by atoms with E-state index in [1.54, 1.807) is 0 Å². The molecule has 0 nitrogen and oxygen atoms in total. The molecule has 97 valence electrons. The van der Waals surface area contributed by atoms with Crippen LogP contribution in [0.3, 0.4) is 0 Å². The molecule has 0 saturated carbocycles. The van der Waals surface area contributed by atoms with Crippen molar-refractivity contribution in [2.24, 2.45) is 0 Å². The normalized spacial score (nSPS) is 15.9. The Bertz CT molecular complexity index is 691. The Balaban J connectivity index is 2.28. The van der Waals surface area contributed by atoms with Crippen LogP contribution in [0.5, 0.6) is 0 Å². The number of fused-ring (bicyclic) bond motifs is 1. The van der Waals surface area contributed by atoms with E-state index in [4.69, 9.17) is 9.69 Å². The Morgan fingerprint density at radius 2 is 1.47 bits per heavy atom. The third-order valence-electron chi connectivity index (χ3n) is 3.56. The van der Waals surface area contributed by atoms with Crippen LogP contribution in [0.25, 0.3) is 5.57 Å². The monoisotopic (exact) mass is 355 g/mol. The van der Waals surface area contributed by atoms with Crippen molar-refractivity contribution in [3.05, 3.63) is 76.4 Å². The molecular formula is C17H14ClRu. The average Bonchev–Trinajstić information content (AvgIpc) is 2.78. The van der Waals surface area contributed by atoms with Crippen molar-refractivity contribution in [2.45, 2.75) is 13.8 Å². The molecule has 0 saturated heterocycles. The minimum atomic E-state index is -0.235. The Kier molecular flexibility index (Phi) is 3.52. The van der Waals surface area contributed by atoms with Crippen LogP contribution in [0.2, 0.25) is 0 Å².